The van der Waals surface area contributed by atoms with Crippen LogP contribution in [0.3, 0.4) is 0 Å². The average molecular weight is 362 g/mol. The minimum Gasteiger partial charge on any atom is -0.455 e. The molecular weight excluding hydrogens is 335 g/mol. The fourth-order valence-electron chi connectivity index (χ4n) is 2.16. The monoisotopic (exact) mass is 362 g/mol. The third-order valence-electron chi connectivity index (χ3n) is 4.34. The Hall–Kier alpha value is -1.90. The molecule has 0 saturated heterocycles. The van der Waals surface area contributed by atoms with E-state index in [9.17, 15) is 14.9 Å². The molecular formula is C18H27BN2O5. The van der Waals surface area contributed by atoms with E-state index < -0.39 is 29.9 Å². The molecule has 0 radical (unpaired) electrons. The number of carbonyl (C=O) groups excluding carboxylic acids is 1. The fourth-order valence-corrected chi connectivity index (χ4v) is 2.16. The van der Waals surface area contributed by atoms with E-state index in [0.29, 0.717) is 16.4 Å². The highest BCUT2D eigenvalue weighted by molar-refractivity contribution is 6.60. The number of benzene rings is 1. The number of nitrogens with one attached hydrogen (secondary N) is 1. The van der Waals surface area contributed by atoms with Crippen molar-refractivity contribution in [3.05, 3.63) is 23.9 Å². The second-order valence-electron chi connectivity index (χ2n) is 8.42. The van der Waals surface area contributed by atoms with Crippen molar-refractivity contribution in [2.45, 2.75) is 65.3 Å². The van der Waals surface area contributed by atoms with Gasteiger partial charge in [0.1, 0.15) is 5.60 Å². The Labute approximate surface area is 153 Å². The number of aromatic amines is 1. The minimum atomic E-state index is -1.28. The van der Waals surface area contributed by atoms with E-state index in [0.717, 1.165) is 0 Å². The van der Waals surface area contributed by atoms with Crippen molar-refractivity contribution in [1.82, 2.24) is 10.2 Å². The molecule has 0 saturated carbocycles. The van der Waals surface area contributed by atoms with Crippen LogP contribution in [0.2, 0.25) is 0 Å². The lowest BCUT2D eigenvalue weighted by atomic mass is 9.76. The number of aliphatic hydroxyl groups is 1. The first-order valence-electron chi connectivity index (χ1n) is 8.51. The van der Waals surface area contributed by atoms with Crippen LogP contribution in [-0.2, 0) is 9.39 Å². The summed E-state index contributed by atoms with van der Waals surface area (Å²) in [5.41, 5.74) is -1.56. The number of ether oxygens (including phenoxy) is 1. The molecule has 0 aliphatic heterocycles. The predicted octanol–water partition coefficient (Wildman–Crippen LogP) is 1.77. The molecule has 7 nitrogen and oxygen atoms in total. The molecule has 8 heteroatoms. The maximum absolute atomic E-state index is 12.3. The molecule has 26 heavy (non-hydrogen) atoms. The summed E-state index contributed by atoms with van der Waals surface area (Å²) >= 11 is 0. The van der Waals surface area contributed by atoms with Crippen molar-refractivity contribution in [3.8, 4) is 0 Å². The first kappa shape index (κ1) is 20.4. The SMILES string of the molecule is CC(C)(C)OC(=O)c1n[nH]c2ccc(B(O)OC(C)(C)C(C)(C)O)cc12. The van der Waals surface area contributed by atoms with Crippen LogP contribution in [0.1, 0.15) is 59.0 Å². The first-order chi connectivity index (χ1) is 11.7. The van der Waals surface area contributed by atoms with Gasteiger partial charge in [-0.3, -0.25) is 5.10 Å². The molecule has 3 N–H and O–H groups in total. The largest absolute Gasteiger partial charge is 0.491 e. The predicted molar refractivity (Wildman–Crippen MR) is 100 cm³/mol. The van der Waals surface area contributed by atoms with E-state index in [1.54, 1.807) is 66.7 Å². The Morgan fingerprint density at radius 3 is 2.31 bits per heavy atom. The van der Waals surface area contributed by atoms with Gasteiger partial charge in [0.2, 0.25) is 0 Å². The van der Waals surface area contributed by atoms with Gasteiger partial charge in [-0.1, -0.05) is 12.1 Å². The number of H-pyrrole nitrogens is 1. The van der Waals surface area contributed by atoms with Crippen molar-refractivity contribution < 1.29 is 24.3 Å². The zero-order valence-corrected chi connectivity index (χ0v) is 16.4. The van der Waals surface area contributed by atoms with Gasteiger partial charge in [0.25, 0.3) is 0 Å². The van der Waals surface area contributed by atoms with Crippen molar-refractivity contribution in [1.29, 1.82) is 0 Å². The van der Waals surface area contributed by atoms with Crippen LogP contribution >= 0.6 is 0 Å². The van der Waals surface area contributed by atoms with Crippen molar-refractivity contribution in [2.24, 2.45) is 0 Å². The number of hydrogen-bond acceptors (Lipinski definition) is 6. The molecule has 0 unspecified atom stereocenters. The second-order valence-corrected chi connectivity index (χ2v) is 8.42. The Balaban J connectivity index is 2.33. The molecule has 2 aromatic rings. The summed E-state index contributed by atoms with van der Waals surface area (Å²) in [6, 6.07) is 5.00. The summed E-state index contributed by atoms with van der Waals surface area (Å²) in [5.74, 6) is -0.548. The Bertz CT molecular complexity index is 802. The highest BCUT2D eigenvalue weighted by Crippen LogP contribution is 2.26. The molecule has 0 aliphatic rings. The Morgan fingerprint density at radius 2 is 1.77 bits per heavy atom. The molecule has 0 spiro atoms. The Morgan fingerprint density at radius 1 is 1.15 bits per heavy atom. The number of esters is 1. The summed E-state index contributed by atoms with van der Waals surface area (Å²) in [5, 5.41) is 28.0. The summed E-state index contributed by atoms with van der Waals surface area (Å²) in [6.45, 7) is 11.9. The van der Waals surface area contributed by atoms with Crippen LogP contribution in [0.25, 0.3) is 10.9 Å². The molecule has 1 aromatic carbocycles. The van der Waals surface area contributed by atoms with E-state index in [2.05, 4.69) is 10.2 Å². The molecule has 0 amide bonds. The molecule has 1 heterocycles. The number of hydrogen-bond donors (Lipinski definition) is 3. The topological polar surface area (TPSA) is 105 Å². The van der Waals surface area contributed by atoms with Crippen molar-refractivity contribution in [3.63, 3.8) is 0 Å². The number of nitrogens with zero attached hydrogens (tertiary/aromatic N) is 1. The van der Waals surface area contributed by atoms with Gasteiger partial charge in [-0.05, 0) is 60.0 Å². The van der Waals surface area contributed by atoms with Crippen LogP contribution in [-0.4, -0.2) is 50.2 Å². The van der Waals surface area contributed by atoms with E-state index in [1.807, 2.05) is 0 Å². The zero-order chi connectivity index (χ0) is 19.9. The number of aromatic nitrogens is 2. The molecule has 1 aromatic heterocycles. The van der Waals surface area contributed by atoms with Crippen LogP contribution < -0.4 is 5.46 Å². The third-order valence-corrected chi connectivity index (χ3v) is 4.34. The van der Waals surface area contributed by atoms with Crippen LogP contribution in [0.4, 0.5) is 0 Å². The lowest BCUT2D eigenvalue weighted by Gasteiger charge is -2.38. The smallest absolute Gasteiger partial charge is 0.455 e. The molecule has 142 valence electrons. The van der Waals surface area contributed by atoms with Gasteiger partial charge in [-0.15, -0.1) is 0 Å². The van der Waals surface area contributed by atoms with Crippen LogP contribution in [0.5, 0.6) is 0 Å². The lowest BCUT2D eigenvalue weighted by Crippen LogP contribution is -2.53. The van der Waals surface area contributed by atoms with Crippen molar-refractivity contribution >= 4 is 29.5 Å². The summed E-state index contributed by atoms with van der Waals surface area (Å²) in [7, 11) is -1.28. The average Bonchev–Trinajstić information content (AvgIpc) is 2.86. The molecule has 2 rings (SSSR count). The lowest BCUT2D eigenvalue weighted by molar-refractivity contribution is -0.0982. The van der Waals surface area contributed by atoms with Gasteiger partial charge in [-0.25, -0.2) is 4.79 Å². The third kappa shape index (κ3) is 4.44. The highest BCUT2D eigenvalue weighted by Gasteiger charge is 2.39. The van der Waals surface area contributed by atoms with Crippen molar-refractivity contribution in [2.75, 3.05) is 0 Å². The Kier molecular flexibility index (Phi) is 5.25. The van der Waals surface area contributed by atoms with Gasteiger partial charge in [0, 0.05) is 5.39 Å². The summed E-state index contributed by atoms with van der Waals surface area (Å²) < 4.78 is 11.0. The van der Waals surface area contributed by atoms with Gasteiger partial charge >= 0.3 is 13.1 Å². The van der Waals surface area contributed by atoms with E-state index in [-0.39, 0.29) is 5.69 Å². The van der Waals surface area contributed by atoms with Gasteiger partial charge in [0.15, 0.2) is 5.69 Å². The fraction of sp³-hybridized carbons (Fsp3) is 0.556. The van der Waals surface area contributed by atoms with Gasteiger partial charge in [0.05, 0.1) is 16.7 Å². The molecule has 0 fully saturated rings. The van der Waals surface area contributed by atoms with Gasteiger partial charge in [-0.2, -0.15) is 5.10 Å². The summed E-state index contributed by atoms with van der Waals surface area (Å²) in [6.07, 6.45) is 0. The first-order valence-corrected chi connectivity index (χ1v) is 8.51. The van der Waals surface area contributed by atoms with E-state index in [1.165, 1.54) is 0 Å². The van der Waals surface area contributed by atoms with Crippen LogP contribution in [0.15, 0.2) is 18.2 Å². The van der Waals surface area contributed by atoms with Gasteiger partial charge < -0.3 is 19.5 Å². The minimum absolute atomic E-state index is 0.144. The standard InChI is InChI=1S/C18H27BN2O5/c1-16(2,3)25-15(22)14-12-10-11(8-9-13(12)20-21-14)19(24)26-18(6,7)17(4,5)23/h8-10,23-24H,1-7H3,(H,20,21). The zero-order valence-electron chi connectivity index (χ0n) is 16.4. The molecule has 0 aliphatic carbocycles. The normalized spacial score (nSPS) is 13.1. The number of fused-ring (bicyclic) bond motifs is 1. The summed E-state index contributed by atoms with van der Waals surface area (Å²) in [4.78, 5) is 12.3. The maximum Gasteiger partial charge on any atom is 0.491 e. The highest BCUT2D eigenvalue weighted by atomic mass is 16.6. The van der Waals surface area contributed by atoms with Crippen LogP contribution in [0, 0.1) is 0 Å². The number of carbonyl (C=O) groups is 1. The van der Waals surface area contributed by atoms with E-state index >= 15 is 0 Å². The maximum atomic E-state index is 12.3. The molecule has 0 atom stereocenters. The number of rotatable bonds is 5. The quantitative estimate of drug-likeness (QED) is 0.553. The van der Waals surface area contributed by atoms with E-state index in [4.69, 9.17) is 9.39 Å². The molecule has 0 bridgehead atoms. The second kappa shape index (κ2) is 6.68.